The molecule has 21 heavy (non-hydrogen) atoms. The number of hydrogen-bond donors (Lipinski definition) is 2. The van der Waals surface area contributed by atoms with E-state index in [2.05, 4.69) is 24.0 Å². The third-order valence-corrected chi connectivity index (χ3v) is 2.90. The van der Waals surface area contributed by atoms with E-state index in [1.54, 1.807) is 0 Å². The molecule has 0 aliphatic rings. The first-order valence-electron chi connectivity index (χ1n) is 6.66. The first-order chi connectivity index (χ1) is 9.77. The zero-order valence-electron chi connectivity index (χ0n) is 12.6. The summed E-state index contributed by atoms with van der Waals surface area (Å²) in [6.45, 7) is 8.80. The first kappa shape index (κ1) is 16.7. The molecule has 0 fully saturated rings. The van der Waals surface area contributed by atoms with Crippen LogP contribution in [0.1, 0.15) is 33.3 Å². The van der Waals surface area contributed by atoms with Gasteiger partial charge in [0.05, 0.1) is 10.5 Å². The van der Waals surface area contributed by atoms with Gasteiger partial charge >= 0.3 is 0 Å². The first-order valence-corrected chi connectivity index (χ1v) is 6.66. The van der Waals surface area contributed by atoms with Gasteiger partial charge in [0.25, 0.3) is 5.69 Å². The Morgan fingerprint density at radius 2 is 2.14 bits per heavy atom. The lowest BCUT2D eigenvalue weighted by Crippen LogP contribution is -2.36. The van der Waals surface area contributed by atoms with Gasteiger partial charge in [0.15, 0.2) is 5.84 Å². The normalized spacial score (nSPS) is 12.0. The highest BCUT2D eigenvalue weighted by molar-refractivity contribution is 6.02. The minimum Gasteiger partial charge on any atom is -0.409 e. The third kappa shape index (κ3) is 4.04. The number of amidine groups is 1. The van der Waals surface area contributed by atoms with E-state index in [9.17, 15) is 10.1 Å². The molecule has 1 rings (SSSR count). The van der Waals surface area contributed by atoms with E-state index in [0.29, 0.717) is 18.3 Å². The summed E-state index contributed by atoms with van der Waals surface area (Å²) in [6.07, 6.45) is 1.18. The van der Waals surface area contributed by atoms with Crippen molar-refractivity contribution in [3.05, 3.63) is 27.9 Å². The van der Waals surface area contributed by atoms with Gasteiger partial charge in [-0.25, -0.2) is 4.98 Å². The number of anilines is 1. The average Bonchev–Trinajstić information content (AvgIpc) is 2.42. The SMILES string of the molecule is CC(C)CN(c1ncc([N+](=O)[O-])cc1C(N)=NO)C(C)C. The lowest BCUT2D eigenvalue weighted by Gasteiger charge is -2.30. The fourth-order valence-corrected chi connectivity index (χ4v) is 1.95. The van der Waals surface area contributed by atoms with E-state index in [4.69, 9.17) is 10.9 Å². The van der Waals surface area contributed by atoms with Crippen molar-refractivity contribution in [3.63, 3.8) is 0 Å². The maximum absolute atomic E-state index is 10.9. The van der Waals surface area contributed by atoms with Crippen LogP contribution < -0.4 is 10.6 Å². The predicted molar refractivity (Wildman–Crippen MR) is 80.7 cm³/mol. The number of aromatic nitrogens is 1. The summed E-state index contributed by atoms with van der Waals surface area (Å²) in [4.78, 5) is 16.4. The highest BCUT2D eigenvalue weighted by Gasteiger charge is 2.22. The maximum Gasteiger partial charge on any atom is 0.288 e. The molecule has 0 aliphatic carbocycles. The highest BCUT2D eigenvalue weighted by Crippen LogP contribution is 2.25. The molecule has 0 aromatic carbocycles. The van der Waals surface area contributed by atoms with Gasteiger partial charge in [-0.15, -0.1) is 0 Å². The molecule has 8 heteroatoms. The van der Waals surface area contributed by atoms with Gasteiger partial charge in [0.2, 0.25) is 0 Å². The molecule has 0 aliphatic heterocycles. The zero-order valence-corrected chi connectivity index (χ0v) is 12.6. The van der Waals surface area contributed by atoms with Crippen LogP contribution in [0, 0.1) is 16.0 Å². The van der Waals surface area contributed by atoms with Gasteiger partial charge in [-0.05, 0) is 19.8 Å². The van der Waals surface area contributed by atoms with E-state index in [0.717, 1.165) is 0 Å². The molecule has 0 amide bonds. The Hall–Kier alpha value is -2.38. The molecule has 116 valence electrons. The molecule has 0 saturated heterocycles. The van der Waals surface area contributed by atoms with Crippen molar-refractivity contribution in [2.75, 3.05) is 11.4 Å². The second kappa shape index (κ2) is 6.87. The fourth-order valence-electron chi connectivity index (χ4n) is 1.95. The van der Waals surface area contributed by atoms with Gasteiger partial charge in [-0.1, -0.05) is 19.0 Å². The van der Waals surface area contributed by atoms with E-state index >= 15 is 0 Å². The highest BCUT2D eigenvalue weighted by atomic mass is 16.6. The molecule has 0 unspecified atom stereocenters. The van der Waals surface area contributed by atoms with Crippen molar-refractivity contribution in [2.24, 2.45) is 16.8 Å². The molecular formula is C13H21N5O3. The fraction of sp³-hybridized carbons (Fsp3) is 0.538. The molecule has 8 nitrogen and oxygen atoms in total. The van der Waals surface area contributed by atoms with E-state index in [1.807, 2.05) is 18.7 Å². The van der Waals surface area contributed by atoms with Gasteiger partial charge in [0, 0.05) is 18.7 Å². The van der Waals surface area contributed by atoms with Crippen molar-refractivity contribution >= 4 is 17.3 Å². The Balaban J connectivity index is 3.41. The summed E-state index contributed by atoms with van der Waals surface area (Å²) in [6, 6.07) is 1.39. The summed E-state index contributed by atoms with van der Waals surface area (Å²) in [5.74, 6) is 0.639. The van der Waals surface area contributed by atoms with Crippen LogP contribution >= 0.6 is 0 Å². The van der Waals surface area contributed by atoms with Crippen molar-refractivity contribution in [2.45, 2.75) is 33.7 Å². The molecule has 0 saturated carbocycles. The summed E-state index contributed by atoms with van der Waals surface area (Å²) >= 11 is 0. The quantitative estimate of drug-likeness (QED) is 0.272. The number of nitrogens with two attached hydrogens (primary N) is 1. The molecular weight excluding hydrogens is 274 g/mol. The summed E-state index contributed by atoms with van der Waals surface area (Å²) < 4.78 is 0. The number of nitro groups is 1. The number of rotatable bonds is 6. The standard InChI is InChI=1S/C13H21N5O3/c1-8(2)7-17(9(3)4)13-11(12(14)16-19)5-10(6-15-13)18(20)21/h5-6,8-9,19H,7H2,1-4H3,(H2,14,16). The second-order valence-corrected chi connectivity index (χ2v) is 5.45. The Morgan fingerprint density at radius 3 is 2.57 bits per heavy atom. The van der Waals surface area contributed by atoms with Crippen molar-refractivity contribution < 1.29 is 10.1 Å². The maximum atomic E-state index is 10.9. The van der Waals surface area contributed by atoms with Crippen molar-refractivity contribution in [3.8, 4) is 0 Å². The molecule has 0 radical (unpaired) electrons. The number of hydrogen-bond acceptors (Lipinski definition) is 6. The molecule has 1 heterocycles. The minimum absolute atomic E-state index is 0.117. The lowest BCUT2D eigenvalue weighted by atomic mass is 10.1. The van der Waals surface area contributed by atoms with Gasteiger partial charge < -0.3 is 15.8 Å². The van der Waals surface area contributed by atoms with Crippen LogP contribution in [-0.2, 0) is 0 Å². The second-order valence-electron chi connectivity index (χ2n) is 5.45. The monoisotopic (exact) mass is 295 g/mol. The minimum atomic E-state index is -0.562. The Kier molecular flexibility index (Phi) is 5.45. The molecule has 1 aromatic rings. The van der Waals surface area contributed by atoms with Gasteiger partial charge in [0.1, 0.15) is 12.0 Å². The molecule has 0 spiro atoms. The smallest absolute Gasteiger partial charge is 0.288 e. The van der Waals surface area contributed by atoms with Crippen LogP contribution in [0.2, 0.25) is 0 Å². The largest absolute Gasteiger partial charge is 0.409 e. The van der Waals surface area contributed by atoms with Crippen LogP contribution in [0.4, 0.5) is 11.5 Å². The van der Waals surface area contributed by atoms with E-state index in [-0.39, 0.29) is 23.1 Å². The van der Waals surface area contributed by atoms with Crippen LogP contribution in [-0.4, -0.2) is 33.5 Å². The lowest BCUT2D eigenvalue weighted by molar-refractivity contribution is -0.385. The zero-order chi connectivity index (χ0) is 16.2. The predicted octanol–water partition coefficient (Wildman–Crippen LogP) is 1.96. The van der Waals surface area contributed by atoms with Crippen LogP contribution in [0.5, 0.6) is 0 Å². The van der Waals surface area contributed by atoms with Crippen molar-refractivity contribution in [1.29, 1.82) is 0 Å². The van der Waals surface area contributed by atoms with Crippen LogP contribution in [0.15, 0.2) is 17.4 Å². The topological polar surface area (TPSA) is 118 Å². The number of nitrogens with zero attached hydrogens (tertiary/aromatic N) is 4. The Labute approximate surface area is 123 Å². The molecule has 0 atom stereocenters. The average molecular weight is 295 g/mol. The third-order valence-electron chi connectivity index (χ3n) is 2.90. The van der Waals surface area contributed by atoms with Crippen LogP contribution in [0.25, 0.3) is 0 Å². The van der Waals surface area contributed by atoms with E-state index < -0.39 is 4.92 Å². The van der Waals surface area contributed by atoms with Gasteiger partial charge in [-0.3, -0.25) is 10.1 Å². The van der Waals surface area contributed by atoms with Gasteiger partial charge in [-0.2, -0.15) is 0 Å². The van der Waals surface area contributed by atoms with Crippen LogP contribution in [0.3, 0.4) is 0 Å². The Bertz CT molecular complexity index is 543. The summed E-state index contributed by atoms with van der Waals surface area (Å²) in [5, 5.41) is 22.7. The molecule has 3 N–H and O–H groups in total. The number of oxime groups is 1. The Morgan fingerprint density at radius 1 is 1.52 bits per heavy atom. The van der Waals surface area contributed by atoms with Crippen molar-refractivity contribution in [1.82, 2.24) is 4.98 Å². The molecule has 1 aromatic heterocycles. The summed E-state index contributed by atoms with van der Waals surface area (Å²) in [5.41, 5.74) is 5.69. The number of pyridine rings is 1. The summed E-state index contributed by atoms with van der Waals surface area (Å²) in [7, 11) is 0. The van der Waals surface area contributed by atoms with E-state index in [1.165, 1.54) is 12.3 Å². The molecule has 0 bridgehead atoms.